The maximum absolute atomic E-state index is 13.5. The number of rotatable bonds is 3. The summed E-state index contributed by atoms with van der Waals surface area (Å²) in [6.45, 7) is 5.33. The Morgan fingerprint density at radius 1 is 1.29 bits per heavy atom. The van der Waals surface area contributed by atoms with Gasteiger partial charge in [-0.25, -0.2) is 4.39 Å². The largest absolute Gasteiger partial charge is 0.466 e. The van der Waals surface area contributed by atoms with E-state index in [4.69, 9.17) is 22.4 Å². The Bertz CT molecular complexity index is 738. The average molecular weight is 306 g/mol. The van der Waals surface area contributed by atoms with Crippen LogP contribution in [0.2, 0.25) is 0 Å². The van der Waals surface area contributed by atoms with Crippen molar-refractivity contribution in [1.82, 2.24) is 0 Å². The number of thiocarbonyl (C=S) groups is 1. The number of hydrogen-bond acceptors (Lipinski definition) is 3. The highest BCUT2D eigenvalue weighted by atomic mass is 32.1. The molecule has 0 aliphatic carbocycles. The zero-order valence-corrected chi connectivity index (χ0v) is 12.7. The third-order valence-corrected chi connectivity index (χ3v) is 3.50. The molecule has 0 atom stereocenters. The molecule has 21 heavy (non-hydrogen) atoms. The van der Waals surface area contributed by atoms with E-state index in [-0.39, 0.29) is 16.5 Å². The van der Waals surface area contributed by atoms with E-state index in [0.29, 0.717) is 22.8 Å². The number of benzene rings is 1. The molecule has 2 aromatic rings. The van der Waals surface area contributed by atoms with Crippen molar-refractivity contribution in [3.8, 4) is 0 Å². The first-order chi connectivity index (χ1) is 9.81. The third kappa shape index (κ3) is 2.95. The Morgan fingerprint density at radius 2 is 1.95 bits per heavy atom. The zero-order chi connectivity index (χ0) is 15.7. The Morgan fingerprint density at radius 3 is 2.48 bits per heavy atom. The van der Waals surface area contributed by atoms with Crippen molar-refractivity contribution >= 4 is 28.8 Å². The van der Waals surface area contributed by atoms with Crippen LogP contribution in [0.4, 0.5) is 10.1 Å². The van der Waals surface area contributed by atoms with Crippen molar-refractivity contribution in [2.24, 2.45) is 5.73 Å². The van der Waals surface area contributed by atoms with Gasteiger partial charge in [-0.05, 0) is 39.0 Å². The minimum Gasteiger partial charge on any atom is -0.466 e. The number of carbonyl (C=O) groups excluding carboxylic acids is 1. The molecule has 1 aromatic heterocycles. The summed E-state index contributed by atoms with van der Waals surface area (Å²) in [6, 6.07) is 4.07. The van der Waals surface area contributed by atoms with Gasteiger partial charge >= 0.3 is 0 Å². The van der Waals surface area contributed by atoms with Crippen LogP contribution in [0.3, 0.4) is 0 Å². The van der Waals surface area contributed by atoms with Gasteiger partial charge in [-0.1, -0.05) is 12.2 Å². The molecule has 0 radical (unpaired) electrons. The lowest BCUT2D eigenvalue weighted by Crippen LogP contribution is -2.16. The molecule has 0 saturated carbocycles. The van der Waals surface area contributed by atoms with Gasteiger partial charge in [0.15, 0.2) is 0 Å². The summed E-state index contributed by atoms with van der Waals surface area (Å²) in [5.41, 5.74) is 7.22. The van der Waals surface area contributed by atoms with E-state index in [0.717, 1.165) is 5.56 Å². The van der Waals surface area contributed by atoms with Crippen LogP contribution in [0.15, 0.2) is 22.6 Å². The predicted octanol–water partition coefficient (Wildman–Crippen LogP) is 3.23. The maximum Gasteiger partial charge on any atom is 0.259 e. The second-order valence-electron chi connectivity index (χ2n) is 4.73. The number of furan rings is 1. The first kappa shape index (κ1) is 15.2. The fourth-order valence-electron chi connectivity index (χ4n) is 2.11. The Hall–Kier alpha value is -2.21. The normalized spacial score (nSPS) is 10.5. The van der Waals surface area contributed by atoms with E-state index in [2.05, 4.69) is 5.32 Å². The molecule has 0 aliphatic rings. The minimum absolute atomic E-state index is 0.0601. The lowest BCUT2D eigenvalue weighted by molar-refractivity contribution is 0.102. The van der Waals surface area contributed by atoms with Crippen molar-refractivity contribution in [2.45, 2.75) is 20.8 Å². The van der Waals surface area contributed by atoms with Gasteiger partial charge in [-0.15, -0.1) is 0 Å². The fourth-order valence-corrected chi connectivity index (χ4v) is 2.27. The molecule has 0 spiro atoms. The first-order valence-electron chi connectivity index (χ1n) is 6.28. The van der Waals surface area contributed by atoms with Gasteiger partial charge in [0.1, 0.15) is 22.3 Å². The number of nitrogens with one attached hydrogen (secondary N) is 1. The van der Waals surface area contributed by atoms with Crippen molar-refractivity contribution in [3.05, 3.63) is 52.2 Å². The molecular formula is C15H15FN2O2S. The number of nitrogens with two attached hydrogens (primary N) is 1. The van der Waals surface area contributed by atoms with Crippen LogP contribution >= 0.6 is 12.2 Å². The maximum atomic E-state index is 13.5. The lowest BCUT2D eigenvalue weighted by atomic mass is 10.1. The molecule has 1 heterocycles. The van der Waals surface area contributed by atoms with Crippen molar-refractivity contribution < 1.29 is 13.6 Å². The van der Waals surface area contributed by atoms with Gasteiger partial charge in [-0.3, -0.25) is 4.79 Å². The van der Waals surface area contributed by atoms with Gasteiger partial charge in [0.25, 0.3) is 5.91 Å². The topological polar surface area (TPSA) is 68.3 Å². The molecule has 6 heteroatoms. The van der Waals surface area contributed by atoms with E-state index >= 15 is 0 Å². The lowest BCUT2D eigenvalue weighted by Gasteiger charge is -2.08. The highest BCUT2D eigenvalue weighted by Gasteiger charge is 2.19. The van der Waals surface area contributed by atoms with Gasteiger partial charge in [-0.2, -0.15) is 0 Å². The Balaban J connectivity index is 2.32. The van der Waals surface area contributed by atoms with Crippen LogP contribution in [-0.4, -0.2) is 10.9 Å². The van der Waals surface area contributed by atoms with Crippen LogP contribution in [-0.2, 0) is 0 Å². The van der Waals surface area contributed by atoms with Crippen LogP contribution in [0, 0.1) is 26.6 Å². The number of aryl methyl sites for hydroxylation is 2. The van der Waals surface area contributed by atoms with Crippen molar-refractivity contribution in [1.29, 1.82) is 0 Å². The number of hydrogen-bond donors (Lipinski definition) is 2. The molecular weight excluding hydrogens is 291 g/mol. The third-order valence-electron chi connectivity index (χ3n) is 3.28. The van der Waals surface area contributed by atoms with Crippen LogP contribution in [0.25, 0.3) is 0 Å². The highest BCUT2D eigenvalue weighted by Crippen LogP contribution is 2.22. The van der Waals surface area contributed by atoms with Crippen molar-refractivity contribution in [3.63, 3.8) is 0 Å². The molecule has 4 nitrogen and oxygen atoms in total. The molecule has 0 unspecified atom stereocenters. The minimum atomic E-state index is -0.521. The Kier molecular flexibility index (Phi) is 4.09. The van der Waals surface area contributed by atoms with E-state index in [1.54, 1.807) is 13.8 Å². The van der Waals surface area contributed by atoms with Gasteiger partial charge in [0.2, 0.25) is 0 Å². The Labute approximate surface area is 127 Å². The quantitative estimate of drug-likeness (QED) is 0.854. The number of amides is 1. The molecule has 0 fully saturated rings. The SMILES string of the molecule is Cc1oc(C)c(C(=O)Nc2ccc(F)c(C(N)=S)c2)c1C. The van der Waals surface area contributed by atoms with E-state index in [1.807, 2.05) is 6.92 Å². The summed E-state index contributed by atoms with van der Waals surface area (Å²) in [5, 5.41) is 2.69. The molecule has 0 saturated heterocycles. The monoisotopic (exact) mass is 306 g/mol. The number of carbonyl (C=O) groups is 1. The van der Waals surface area contributed by atoms with E-state index in [9.17, 15) is 9.18 Å². The summed E-state index contributed by atoms with van der Waals surface area (Å²) in [6.07, 6.45) is 0. The standard InChI is InChI=1S/C15H15FN2O2S/c1-7-8(2)20-9(3)13(7)15(19)18-10-4-5-12(16)11(6-10)14(17)21/h4-6H,1-3H3,(H2,17,21)(H,18,19). The molecule has 1 aromatic carbocycles. The zero-order valence-electron chi connectivity index (χ0n) is 11.9. The van der Waals surface area contributed by atoms with Crippen molar-refractivity contribution in [2.75, 3.05) is 5.32 Å². The van der Waals surface area contributed by atoms with Gasteiger partial charge < -0.3 is 15.5 Å². The van der Waals surface area contributed by atoms with E-state index < -0.39 is 5.82 Å². The summed E-state index contributed by atoms with van der Waals surface area (Å²) in [4.78, 5) is 12.2. The number of halogens is 1. The van der Waals surface area contributed by atoms with Crippen LogP contribution < -0.4 is 11.1 Å². The highest BCUT2D eigenvalue weighted by molar-refractivity contribution is 7.80. The number of anilines is 1. The summed E-state index contributed by atoms with van der Waals surface area (Å²) in [5.74, 6) is 0.397. The summed E-state index contributed by atoms with van der Waals surface area (Å²) in [7, 11) is 0. The predicted molar refractivity (Wildman–Crippen MR) is 83.2 cm³/mol. The van der Waals surface area contributed by atoms with Gasteiger partial charge in [0.05, 0.1) is 5.56 Å². The fraction of sp³-hybridized carbons (Fsp3) is 0.200. The van der Waals surface area contributed by atoms with Crippen LogP contribution in [0.5, 0.6) is 0 Å². The molecule has 0 aliphatic heterocycles. The summed E-state index contributed by atoms with van der Waals surface area (Å²) >= 11 is 4.77. The smallest absolute Gasteiger partial charge is 0.259 e. The van der Waals surface area contributed by atoms with Crippen LogP contribution in [0.1, 0.15) is 33.0 Å². The van der Waals surface area contributed by atoms with E-state index in [1.165, 1.54) is 18.2 Å². The average Bonchev–Trinajstić information content (AvgIpc) is 2.65. The first-order valence-corrected chi connectivity index (χ1v) is 6.69. The van der Waals surface area contributed by atoms with Gasteiger partial charge in [0, 0.05) is 16.8 Å². The second-order valence-corrected chi connectivity index (χ2v) is 5.17. The molecule has 2 rings (SSSR count). The second kappa shape index (κ2) is 5.65. The summed E-state index contributed by atoms with van der Waals surface area (Å²) < 4.78 is 18.9. The molecule has 1 amide bonds. The molecule has 0 bridgehead atoms. The molecule has 110 valence electrons. The molecule has 3 N–H and O–H groups in total.